The van der Waals surface area contributed by atoms with E-state index < -0.39 is 4.92 Å². The van der Waals surface area contributed by atoms with Gasteiger partial charge in [-0.2, -0.15) is 0 Å². The van der Waals surface area contributed by atoms with Crippen molar-refractivity contribution in [2.24, 2.45) is 0 Å². The Labute approximate surface area is 114 Å². The normalized spacial score (nSPS) is 10.2. The lowest BCUT2D eigenvalue weighted by Crippen LogP contribution is -2.00. The zero-order chi connectivity index (χ0) is 13.7. The van der Waals surface area contributed by atoms with Crippen LogP contribution in [0.2, 0.25) is 0 Å². The van der Waals surface area contributed by atoms with Crippen LogP contribution in [0.5, 0.6) is 0 Å². The Balaban J connectivity index is 2.12. The number of anilines is 1. The molecule has 1 N–H and O–H groups in total. The highest BCUT2D eigenvalue weighted by molar-refractivity contribution is 7.99. The molecule has 0 spiro atoms. The van der Waals surface area contributed by atoms with Gasteiger partial charge in [0.15, 0.2) is 0 Å². The fraction of sp³-hybridized carbons (Fsp3) is 0.167. The van der Waals surface area contributed by atoms with E-state index in [1.54, 1.807) is 24.5 Å². The van der Waals surface area contributed by atoms with Crippen molar-refractivity contribution in [3.63, 3.8) is 0 Å². The zero-order valence-corrected chi connectivity index (χ0v) is 11.1. The highest BCUT2D eigenvalue weighted by Gasteiger charge is 2.06. The molecule has 0 aliphatic heterocycles. The van der Waals surface area contributed by atoms with Crippen molar-refractivity contribution in [1.29, 1.82) is 0 Å². The van der Waals surface area contributed by atoms with Gasteiger partial charge in [0.05, 0.1) is 17.3 Å². The molecule has 0 radical (unpaired) electrons. The van der Waals surface area contributed by atoms with Crippen LogP contribution >= 0.6 is 11.8 Å². The Kier molecular flexibility index (Phi) is 4.30. The summed E-state index contributed by atoms with van der Waals surface area (Å²) < 4.78 is 0. The van der Waals surface area contributed by atoms with Gasteiger partial charge < -0.3 is 5.32 Å². The molecule has 6 nitrogen and oxygen atoms in total. The van der Waals surface area contributed by atoms with Gasteiger partial charge in [0.2, 0.25) is 0 Å². The predicted octanol–water partition coefficient (Wildman–Crippen LogP) is 2.97. The van der Waals surface area contributed by atoms with Gasteiger partial charge in [-0.25, -0.2) is 4.98 Å². The van der Waals surface area contributed by atoms with Crippen LogP contribution in [0.1, 0.15) is 6.92 Å². The summed E-state index contributed by atoms with van der Waals surface area (Å²) in [6, 6.07) is 6.35. The van der Waals surface area contributed by atoms with Gasteiger partial charge in [-0.3, -0.25) is 15.1 Å². The third-order valence-corrected chi connectivity index (χ3v) is 3.15. The van der Waals surface area contributed by atoms with E-state index in [-0.39, 0.29) is 5.69 Å². The molecule has 0 amide bonds. The molecule has 2 rings (SSSR count). The number of nitrogens with one attached hydrogen (secondary N) is 1. The van der Waals surface area contributed by atoms with Crippen LogP contribution in [-0.4, -0.2) is 21.4 Å². The Morgan fingerprint density at radius 3 is 2.68 bits per heavy atom. The Morgan fingerprint density at radius 2 is 2.05 bits per heavy atom. The van der Waals surface area contributed by atoms with Crippen molar-refractivity contribution in [3.05, 3.63) is 46.8 Å². The molecule has 0 atom stereocenters. The highest BCUT2D eigenvalue weighted by atomic mass is 32.2. The molecule has 2 aromatic rings. The Morgan fingerprint density at radius 1 is 1.32 bits per heavy atom. The molecule has 0 unspecified atom stereocenters. The van der Waals surface area contributed by atoms with E-state index in [9.17, 15) is 10.1 Å². The predicted molar refractivity (Wildman–Crippen MR) is 73.4 cm³/mol. The zero-order valence-electron chi connectivity index (χ0n) is 10.2. The van der Waals surface area contributed by atoms with Gasteiger partial charge in [0.25, 0.3) is 5.69 Å². The monoisotopic (exact) mass is 276 g/mol. The lowest BCUT2D eigenvalue weighted by atomic mass is 10.3. The smallest absolute Gasteiger partial charge is 0.269 e. The summed E-state index contributed by atoms with van der Waals surface area (Å²) in [6.07, 6.45) is 3.32. The van der Waals surface area contributed by atoms with E-state index in [2.05, 4.69) is 15.3 Å². The van der Waals surface area contributed by atoms with Crippen molar-refractivity contribution < 1.29 is 4.92 Å². The average molecular weight is 276 g/mol. The molecule has 0 bridgehead atoms. The second-order valence-electron chi connectivity index (χ2n) is 3.63. The van der Waals surface area contributed by atoms with Crippen LogP contribution in [0, 0.1) is 10.1 Å². The molecule has 0 aliphatic carbocycles. The fourth-order valence-electron chi connectivity index (χ4n) is 1.42. The number of benzene rings is 1. The van der Waals surface area contributed by atoms with Gasteiger partial charge in [0, 0.05) is 23.6 Å². The van der Waals surface area contributed by atoms with E-state index in [0.29, 0.717) is 0 Å². The molecule has 98 valence electrons. The molecule has 0 aliphatic rings. The number of aromatic nitrogens is 2. The first kappa shape index (κ1) is 13.3. The number of hydrogen-bond donors (Lipinski definition) is 1. The molecule has 1 heterocycles. The summed E-state index contributed by atoms with van der Waals surface area (Å²) in [7, 11) is 0. The molecular formula is C12H12N4O2S. The Bertz CT molecular complexity index is 574. The number of hydrogen-bond acceptors (Lipinski definition) is 6. The minimum Gasteiger partial charge on any atom is -0.369 e. The first-order chi connectivity index (χ1) is 9.19. The third-order valence-electron chi connectivity index (χ3n) is 2.24. The van der Waals surface area contributed by atoms with Crippen LogP contribution in [0.3, 0.4) is 0 Å². The van der Waals surface area contributed by atoms with Gasteiger partial charge >= 0.3 is 0 Å². The number of nitro groups is 1. The minimum atomic E-state index is -0.417. The van der Waals surface area contributed by atoms with Crippen LogP contribution in [0.25, 0.3) is 0 Å². The van der Waals surface area contributed by atoms with E-state index >= 15 is 0 Å². The number of nitro benzene ring substituents is 1. The van der Waals surface area contributed by atoms with Gasteiger partial charge in [-0.1, -0.05) is 11.8 Å². The quantitative estimate of drug-likeness (QED) is 0.668. The highest BCUT2D eigenvalue weighted by Crippen LogP contribution is 2.27. The second kappa shape index (κ2) is 6.14. The summed E-state index contributed by atoms with van der Waals surface area (Å²) in [6.45, 7) is 2.76. The summed E-state index contributed by atoms with van der Waals surface area (Å²) in [4.78, 5) is 19.5. The third kappa shape index (κ3) is 3.65. The van der Waals surface area contributed by atoms with Crippen molar-refractivity contribution in [1.82, 2.24) is 9.97 Å². The molecule has 0 fully saturated rings. The van der Waals surface area contributed by atoms with Crippen molar-refractivity contribution in [3.8, 4) is 0 Å². The first-order valence-corrected chi connectivity index (χ1v) is 6.49. The largest absolute Gasteiger partial charge is 0.369 e. The van der Waals surface area contributed by atoms with Gasteiger partial charge in [-0.15, -0.1) is 0 Å². The van der Waals surface area contributed by atoms with Crippen LogP contribution in [0.4, 0.5) is 11.5 Å². The summed E-state index contributed by atoms with van der Waals surface area (Å²) in [5.41, 5.74) is 0.0804. The van der Waals surface area contributed by atoms with E-state index in [1.165, 1.54) is 23.9 Å². The fourth-order valence-corrected chi connectivity index (χ4v) is 2.19. The van der Waals surface area contributed by atoms with E-state index in [1.807, 2.05) is 6.92 Å². The molecule has 1 aromatic heterocycles. The number of non-ortho nitro benzene ring substituents is 1. The molecule has 1 aromatic carbocycles. The van der Waals surface area contributed by atoms with Gasteiger partial charge in [0.1, 0.15) is 10.8 Å². The van der Waals surface area contributed by atoms with Crippen LogP contribution in [0.15, 0.2) is 46.6 Å². The summed E-state index contributed by atoms with van der Waals surface area (Å²) in [5.74, 6) is 0.717. The summed E-state index contributed by atoms with van der Waals surface area (Å²) >= 11 is 1.41. The standard InChI is InChI=1S/C12H12N4O2S/c1-2-14-11-7-13-8-12(15-11)19-10-5-3-9(4-6-10)16(17)18/h3-8H,2H2,1H3,(H,14,15). The average Bonchev–Trinajstić information content (AvgIpc) is 2.40. The van der Waals surface area contributed by atoms with Crippen molar-refractivity contribution in [2.75, 3.05) is 11.9 Å². The molecular weight excluding hydrogens is 264 g/mol. The number of rotatable bonds is 5. The maximum atomic E-state index is 10.6. The number of nitrogens with zero attached hydrogens (tertiary/aromatic N) is 3. The van der Waals surface area contributed by atoms with E-state index in [0.717, 1.165) is 22.3 Å². The molecule has 19 heavy (non-hydrogen) atoms. The lowest BCUT2D eigenvalue weighted by molar-refractivity contribution is -0.384. The van der Waals surface area contributed by atoms with Crippen LogP contribution in [-0.2, 0) is 0 Å². The molecule has 7 heteroatoms. The topological polar surface area (TPSA) is 81.0 Å². The SMILES string of the molecule is CCNc1cncc(Sc2ccc([N+](=O)[O-])cc2)n1. The van der Waals surface area contributed by atoms with Crippen LogP contribution < -0.4 is 5.32 Å². The Hall–Kier alpha value is -2.15. The maximum absolute atomic E-state index is 10.6. The second-order valence-corrected chi connectivity index (χ2v) is 4.72. The first-order valence-electron chi connectivity index (χ1n) is 5.67. The maximum Gasteiger partial charge on any atom is 0.269 e. The minimum absolute atomic E-state index is 0.0804. The summed E-state index contributed by atoms with van der Waals surface area (Å²) in [5, 5.41) is 14.4. The lowest BCUT2D eigenvalue weighted by Gasteiger charge is -2.04. The van der Waals surface area contributed by atoms with Gasteiger partial charge in [-0.05, 0) is 19.1 Å². The van der Waals surface area contributed by atoms with Crippen molar-refractivity contribution >= 4 is 23.3 Å². The molecule has 0 saturated carbocycles. The molecule has 0 saturated heterocycles. The van der Waals surface area contributed by atoms with Crippen molar-refractivity contribution in [2.45, 2.75) is 16.8 Å². The van der Waals surface area contributed by atoms with E-state index in [4.69, 9.17) is 0 Å².